The van der Waals surface area contributed by atoms with Gasteiger partial charge in [-0.05, 0) is 26.8 Å². The monoisotopic (exact) mass is 262 g/mol. The standard InChI is InChI=1S/C13H14N2O2S/c1-8(2)17-11-4-10(5-14-6-11)12(16)13-9(3)15-7-18-13/h4-8H,1-3H3. The van der Waals surface area contributed by atoms with Crippen LogP contribution in [-0.2, 0) is 0 Å². The zero-order chi connectivity index (χ0) is 13.1. The summed E-state index contributed by atoms with van der Waals surface area (Å²) < 4.78 is 5.53. The Hall–Kier alpha value is -1.75. The summed E-state index contributed by atoms with van der Waals surface area (Å²) in [5.74, 6) is 0.551. The van der Waals surface area contributed by atoms with Gasteiger partial charge in [0, 0.05) is 11.8 Å². The van der Waals surface area contributed by atoms with E-state index in [0.717, 1.165) is 5.69 Å². The summed E-state index contributed by atoms with van der Waals surface area (Å²) >= 11 is 1.34. The van der Waals surface area contributed by atoms with Gasteiger partial charge in [-0.3, -0.25) is 9.78 Å². The molecule has 0 spiro atoms. The quantitative estimate of drug-likeness (QED) is 0.795. The number of thiazole rings is 1. The number of ether oxygens (including phenoxy) is 1. The molecule has 0 saturated heterocycles. The van der Waals surface area contributed by atoms with Crippen molar-refractivity contribution < 1.29 is 9.53 Å². The minimum absolute atomic E-state index is 0.0577. The molecule has 0 fully saturated rings. The summed E-state index contributed by atoms with van der Waals surface area (Å²) in [7, 11) is 0. The molecule has 0 radical (unpaired) electrons. The maximum atomic E-state index is 12.2. The molecule has 0 saturated carbocycles. The van der Waals surface area contributed by atoms with Gasteiger partial charge in [0.25, 0.3) is 0 Å². The zero-order valence-corrected chi connectivity index (χ0v) is 11.3. The third-order valence-electron chi connectivity index (χ3n) is 2.30. The van der Waals surface area contributed by atoms with E-state index in [4.69, 9.17) is 4.74 Å². The molecule has 94 valence electrons. The lowest BCUT2D eigenvalue weighted by atomic mass is 10.1. The number of carbonyl (C=O) groups is 1. The largest absolute Gasteiger partial charge is 0.489 e. The third-order valence-corrected chi connectivity index (χ3v) is 3.23. The van der Waals surface area contributed by atoms with Crippen molar-refractivity contribution in [3.05, 3.63) is 40.1 Å². The molecule has 0 aliphatic rings. The Bertz CT molecular complexity index is 564. The van der Waals surface area contributed by atoms with Crippen LogP contribution in [0.15, 0.2) is 24.0 Å². The SMILES string of the molecule is Cc1ncsc1C(=O)c1cncc(OC(C)C)c1. The second-order valence-corrected chi connectivity index (χ2v) is 5.03. The lowest BCUT2D eigenvalue weighted by Gasteiger charge is -2.09. The molecule has 18 heavy (non-hydrogen) atoms. The maximum Gasteiger partial charge on any atom is 0.206 e. The summed E-state index contributed by atoms with van der Waals surface area (Å²) in [5.41, 5.74) is 2.95. The summed E-state index contributed by atoms with van der Waals surface area (Å²) in [6.45, 7) is 5.69. The van der Waals surface area contributed by atoms with Gasteiger partial charge in [-0.2, -0.15) is 0 Å². The van der Waals surface area contributed by atoms with Crippen molar-refractivity contribution in [2.45, 2.75) is 26.9 Å². The van der Waals surface area contributed by atoms with Crippen LogP contribution in [0, 0.1) is 6.92 Å². The highest BCUT2D eigenvalue weighted by Crippen LogP contribution is 2.20. The molecule has 0 aliphatic carbocycles. The topological polar surface area (TPSA) is 52.1 Å². The Kier molecular flexibility index (Phi) is 3.72. The number of aryl methyl sites for hydroxylation is 1. The molecule has 0 bridgehead atoms. The van der Waals surface area contributed by atoms with E-state index in [1.807, 2.05) is 20.8 Å². The number of pyridine rings is 1. The molecular formula is C13H14N2O2S. The van der Waals surface area contributed by atoms with Crippen molar-refractivity contribution in [3.63, 3.8) is 0 Å². The Morgan fingerprint density at radius 2 is 2.17 bits per heavy atom. The fraction of sp³-hybridized carbons (Fsp3) is 0.308. The Morgan fingerprint density at radius 3 is 2.78 bits per heavy atom. The van der Waals surface area contributed by atoms with E-state index in [1.54, 1.807) is 24.0 Å². The molecule has 2 heterocycles. The number of rotatable bonds is 4. The third kappa shape index (κ3) is 2.73. The van der Waals surface area contributed by atoms with Gasteiger partial charge >= 0.3 is 0 Å². The molecule has 0 amide bonds. The highest BCUT2D eigenvalue weighted by molar-refractivity contribution is 7.12. The van der Waals surface area contributed by atoms with Crippen LogP contribution in [-0.4, -0.2) is 21.9 Å². The average molecular weight is 262 g/mol. The van der Waals surface area contributed by atoms with Gasteiger partial charge < -0.3 is 4.74 Å². The van der Waals surface area contributed by atoms with Gasteiger partial charge in [0.05, 0.1) is 28.4 Å². The van der Waals surface area contributed by atoms with Crippen molar-refractivity contribution in [3.8, 4) is 5.75 Å². The predicted octanol–water partition coefficient (Wildman–Crippen LogP) is 2.86. The van der Waals surface area contributed by atoms with Gasteiger partial charge in [-0.25, -0.2) is 4.98 Å². The van der Waals surface area contributed by atoms with Crippen molar-refractivity contribution in [2.24, 2.45) is 0 Å². The van der Waals surface area contributed by atoms with E-state index in [-0.39, 0.29) is 11.9 Å². The summed E-state index contributed by atoms with van der Waals surface area (Å²) in [6, 6.07) is 1.72. The molecule has 0 atom stereocenters. The molecule has 2 rings (SSSR count). The van der Waals surface area contributed by atoms with Gasteiger partial charge in [0.2, 0.25) is 5.78 Å². The normalized spacial score (nSPS) is 10.7. The van der Waals surface area contributed by atoms with Crippen LogP contribution in [0.2, 0.25) is 0 Å². The van der Waals surface area contributed by atoms with E-state index < -0.39 is 0 Å². The summed E-state index contributed by atoms with van der Waals surface area (Å²) in [5, 5.41) is 0. The van der Waals surface area contributed by atoms with Crippen LogP contribution in [0.5, 0.6) is 5.75 Å². The zero-order valence-electron chi connectivity index (χ0n) is 10.5. The van der Waals surface area contributed by atoms with Gasteiger partial charge in [-0.1, -0.05) is 0 Å². The molecule has 0 aromatic carbocycles. The molecule has 2 aromatic heterocycles. The first-order valence-corrected chi connectivity index (χ1v) is 6.52. The number of nitrogens with zero attached hydrogens (tertiary/aromatic N) is 2. The number of hydrogen-bond donors (Lipinski definition) is 0. The second-order valence-electron chi connectivity index (χ2n) is 4.17. The Morgan fingerprint density at radius 1 is 1.39 bits per heavy atom. The van der Waals surface area contributed by atoms with Crippen LogP contribution in [0.1, 0.15) is 34.8 Å². The van der Waals surface area contributed by atoms with Crippen molar-refractivity contribution in [2.75, 3.05) is 0 Å². The Labute approximate surface area is 110 Å². The van der Waals surface area contributed by atoms with E-state index in [0.29, 0.717) is 16.2 Å². The van der Waals surface area contributed by atoms with Crippen LogP contribution in [0.4, 0.5) is 0 Å². The lowest BCUT2D eigenvalue weighted by molar-refractivity contribution is 0.104. The molecule has 0 N–H and O–H groups in total. The van der Waals surface area contributed by atoms with Gasteiger partial charge in [0.15, 0.2) is 0 Å². The molecule has 4 nitrogen and oxygen atoms in total. The maximum absolute atomic E-state index is 12.2. The highest BCUT2D eigenvalue weighted by Gasteiger charge is 2.15. The highest BCUT2D eigenvalue weighted by atomic mass is 32.1. The molecule has 0 aliphatic heterocycles. The van der Waals surface area contributed by atoms with E-state index in [9.17, 15) is 4.79 Å². The van der Waals surface area contributed by atoms with Crippen LogP contribution in [0.3, 0.4) is 0 Å². The van der Waals surface area contributed by atoms with Crippen molar-refractivity contribution in [1.29, 1.82) is 0 Å². The van der Waals surface area contributed by atoms with Crippen molar-refractivity contribution >= 4 is 17.1 Å². The fourth-order valence-corrected chi connectivity index (χ4v) is 2.29. The molecule has 2 aromatic rings. The van der Waals surface area contributed by atoms with E-state index in [1.165, 1.54) is 11.3 Å². The second kappa shape index (κ2) is 5.27. The average Bonchev–Trinajstić information content (AvgIpc) is 2.74. The fourth-order valence-electron chi connectivity index (χ4n) is 1.53. The Balaban J connectivity index is 2.29. The van der Waals surface area contributed by atoms with Gasteiger partial charge in [-0.15, -0.1) is 11.3 Å². The summed E-state index contributed by atoms with van der Waals surface area (Å²) in [6.07, 6.45) is 3.22. The first kappa shape index (κ1) is 12.7. The first-order valence-electron chi connectivity index (χ1n) is 5.64. The predicted molar refractivity (Wildman–Crippen MR) is 70.3 cm³/mol. The first-order chi connectivity index (χ1) is 8.58. The molecule has 5 heteroatoms. The lowest BCUT2D eigenvalue weighted by Crippen LogP contribution is -2.07. The van der Waals surface area contributed by atoms with Crippen molar-refractivity contribution in [1.82, 2.24) is 9.97 Å². The van der Waals surface area contributed by atoms with Gasteiger partial charge in [0.1, 0.15) is 5.75 Å². The minimum atomic E-state index is -0.0586. The van der Waals surface area contributed by atoms with E-state index in [2.05, 4.69) is 9.97 Å². The van der Waals surface area contributed by atoms with Crippen LogP contribution < -0.4 is 4.74 Å². The van der Waals surface area contributed by atoms with Crippen LogP contribution >= 0.6 is 11.3 Å². The number of carbonyl (C=O) groups excluding carboxylic acids is 1. The smallest absolute Gasteiger partial charge is 0.206 e. The summed E-state index contributed by atoms with van der Waals surface area (Å²) in [4.78, 5) is 21.0. The molecular weight excluding hydrogens is 248 g/mol. The minimum Gasteiger partial charge on any atom is -0.489 e. The number of hydrogen-bond acceptors (Lipinski definition) is 5. The van der Waals surface area contributed by atoms with Crippen LogP contribution in [0.25, 0.3) is 0 Å². The number of aromatic nitrogens is 2. The molecule has 0 unspecified atom stereocenters. The number of ketones is 1. The van der Waals surface area contributed by atoms with E-state index >= 15 is 0 Å².